The lowest BCUT2D eigenvalue weighted by atomic mass is 9.90. The topological polar surface area (TPSA) is 54.7 Å². The number of benzene rings is 2. The van der Waals surface area contributed by atoms with E-state index in [0.717, 1.165) is 79.7 Å². The molecule has 2 fully saturated rings. The minimum absolute atomic E-state index is 0.726. The molecule has 3 aliphatic rings. The predicted molar refractivity (Wildman–Crippen MR) is 170 cm³/mol. The quantitative estimate of drug-likeness (QED) is 0.300. The number of rotatable bonds is 8. The van der Waals surface area contributed by atoms with Crippen molar-refractivity contribution in [3.8, 4) is 5.75 Å². The maximum Gasteiger partial charge on any atom is 0.118 e. The van der Waals surface area contributed by atoms with Crippen molar-refractivity contribution in [2.24, 2.45) is 22.7 Å². The number of hydrogen-bond acceptors (Lipinski definition) is 5. The molecular weight excluding hydrogens is 530 g/mol. The molecule has 1 unspecified atom stereocenters. The second-order valence-electron chi connectivity index (χ2n) is 11.9. The molecule has 216 valence electrons. The molecule has 41 heavy (non-hydrogen) atoms. The third kappa shape index (κ3) is 6.81. The minimum atomic E-state index is 0.726. The lowest BCUT2D eigenvalue weighted by Gasteiger charge is -2.34. The zero-order chi connectivity index (χ0) is 28.2. The smallest absolute Gasteiger partial charge is 0.118 e. The number of anilines is 1. The Morgan fingerprint density at radius 1 is 1.10 bits per heavy atom. The van der Waals surface area contributed by atoms with Crippen LogP contribution in [0.5, 0.6) is 5.75 Å². The molecule has 0 bridgehead atoms. The second-order valence-corrected chi connectivity index (χ2v) is 12.3. The van der Waals surface area contributed by atoms with Gasteiger partial charge in [0.2, 0.25) is 0 Å². The van der Waals surface area contributed by atoms with Gasteiger partial charge in [-0.05, 0) is 105 Å². The summed E-state index contributed by atoms with van der Waals surface area (Å²) in [7, 11) is 1.70. The van der Waals surface area contributed by atoms with E-state index in [0.29, 0.717) is 0 Å². The predicted octanol–water partition coefficient (Wildman–Crippen LogP) is 7.77. The van der Waals surface area contributed by atoms with Crippen molar-refractivity contribution in [3.05, 3.63) is 77.1 Å². The van der Waals surface area contributed by atoms with Gasteiger partial charge in [-0.2, -0.15) is 5.10 Å². The van der Waals surface area contributed by atoms with E-state index < -0.39 is 0 Å². The first-order valence-electron chi connectivity index (χ1n) is 15.2. The van der Waals surface area contributed by atoms with Gasteiger partial charge in [-0.3, -0.25) is 4.68 Å². The molecule has 3 heterocycles. The molecule has 6 rings (SSSR count). The number of likely N-dealkylation sites (tertiary alicyclic amines) is 1. The number of methoxy groups -OCH3 is 1. The molecule has 1 saturated carbocycles. The first-order valence-corrected chi connectivity index (χ1v) is 15.6. The summed E-state index contributed by atoms with van der Waals surface area (Å²) >= 11 is 6.25. The van der Waals surface area contributed by atoms with Crippen molar-refractivity contribution in [1.82, 2.24) is 14.7 Å². The Hall–Kier alpha value is -3.25. The fourth-order valence-corrected chi connectivity index (χ4v) is 6.84. The van der Waals surface area contributed by atoms with Crippen LogP contribution in [0.4, 0.5) is 5.69 Å². The van der Waals surface area contributed by atoms with Crippen molar-refractivity contribution >= 4 is 34.0 Å². The van der Waals surface area contributed by atoms with Crippen molar-refractivity contribution in [3.63, 3.8) is 0 Å². The molecule has 1 saturated heterocycles. The van der Waals surface area contributed by atoms with E-state index >= 15 is 0 Å². The van der Waals surface area contributed by atoms with Gasteiger partial charge in [0.25, 0.3) is 0 Å². The number of halogens is 1. The molecule has 2 aromatic carbocycles. The summed E-state index contributed by atoms with van der Waals surface area (Å²) in [4.78, 5) is 7.26. The average molecular weight is 572 g/mol. The number of nitrogens with zero attached hydrogens (tertiary/aromatic N) is 4. The minimum Gasteiger partial charge on any atom is -0.497 e. The van der Waals surface area contributed by atoms with Crippen LogP contribution in [-0.2, 0) is 6.54 Å². The molecule has 3 aromatic rings. The van der Waals surface area contributed by atoms with Crippen molar-refractivity contribution in [2.45, 2.75) is 58.4 Å². The molecule has 2 aliphatic heterocycles. The van der Waals surface area contributed by atoms with Gasteiger partial charge in [-0.15, -0.1) is 0 Å². The van der Waals surface area contributed by atoms with Crippen molar-refractivity contribution in [1.29, 1.82) is 0 Å². The van der Waals surface area contributed by atoms with Crippen LogP contribution in [0.25, 0.3) is 10.9 Å². The van der Waals surface area contributed by atoms with Gasteiger partial charge in [0, 0.05) is 43.3 Å². The van der Waals surface area contributed by atoms with Crippen LogP contribution in [0, 0.1) is 24.7 Å². The number of aliphatic imine (C=N–C) groups is 1. The number of allylic oxidation sites excluding steroid dienone is 3. The van der Waals surface area contributed by atoms with E-state index in [1.165, 1.54) is 53.7 Å². The molecular formula is C34H42ClN5O. The van der Waals surface area contributed by atoms with Crippen LogP contribution in [0.2, 0.25) is 0 Å². The fourth-order valence-electron chi connectivity index (χ4n) is 6.70. The third-order valence-corrected chi connectivity index (χ3v) is 9.37. The van der Waals surface area contributed by atoms with E-state index in [-0.39, 0.29) is 0 Å². The van der Waals surface area contributed by atoms with Gasteiger partial charge in [0.05, 0.1) is 29.9 Å². The zero-order valence-corrected chi connectivity index (χ0v) is 25.1. The summed E-state index contributed by atoms with van der Waals surface area (Å²) in [5.41, 5.74) is 4.65. The van der Waals surface area contributed by atoms with E-state index in [2.05, 4.69) is 58.2 Å². The Kier molecular flexibility index (Phi) is 8.66. The van der Waals surface area contributed by atoms with Crippen LogP contribution >= 0.6 is 11.6 Å². The van der Waals surface area contributed by atoms with E-state index in [9.17, 15) is 0 Å². The highest BCUT2D eigenvalue weighted by Gasteiger charge is 2.43. The zero-order valence-electron chi connectivity index (χ0n) is 24.4. The fraction of sp³-hybridized carbons (Fsp3) is 0.471. The number of amidine groups is 1. The van der Waals surface area contributed by atoms with Gasteiger partial charge in [-0.1, -0.05) is 29.8 Å². The molecule has 0 radical (unpaired) electrons. The monoisotopic (exact) mass is 571 g/mol. The number of aryl methyl sites for hydroxylation is 1. The second kappa shape index (κ2) is 12.7. The Balaban J connectivity index is 0.970. The van der Waals surface area contributed by atoms with Crippen molar-refractivity contribution in [2.75, 3.05) is 32.1 Å². The Bertz CT molecular complexity index is 1430. The number of fused-ring (bicyclic) bond motifs is 1. The SMILES string of the molecule is COc1ccc(Cn2nc(C)c3cc(NCC[C@@H]4CC4C4CCN(C5=N/C=C(Cl)\C=C/CCC5)CC4)ccc32)cc1. The summed E-state index contributed by atoms with van der Waals surface area (Å²) < 4.78 is 7.39. The summed E-state index contributed by atoms with van der Waals surface area (Å²) in [6, 6.07) is 14.9. The molecule has 0 amide bonds. The highest BCUT2D eigenvalue weighted by molar-refractivity contribution is 6.31. The van der Waals surface area contributed by atoms with Gasteiger partial charge >= 0.3 is 0 Å². The molecule has 1 aromatic heterocycles. The Morgan fingerprint density at radius 2 is 1.93 bits per heavy atom. The number of hydrogen-bond donors (Lipinski definition) is 1. The summed E-state index contributed by atoms with van der Waals surface area (Å²) in [6.07, 6.45) is 14.4. The van der Waals surface area contributed by atoms with E-state index in [1.807, 2.05) is 24.4 Å². The average Bonchev–Trinajstić information content (AvgIpc) is 3.68. The Morgan fingerprint density at radius 3 is 2.73 bits per heavy atom. The van der Waals surface area contributed by atoms with E-state index in [1.54, 1.807) is 7.11 Å². The van der Waals surface area contributed by atoms with Gasteiger partial charge in [0.1, 0.15) is 11.6 Å². The number of piperidine rings is 1. The third-order valence-electron chi connectivity index (χ3n) is 9.14. The maximum atomic E-state index is 6.25. The van der Waals surface area contributed by atoms with Crippen LogP contribution in [0.3, 0.4) is 0 Å². The van der Waals surface area contributed by atoms with Crippen LogP contribution in [0.15, 0.2) is 70.8 Å². The van der Waals surface area contributed by atoms with Gasteiger partial charge < -0.3 is 15.0 Å². The molecule has 6 nitrogen and oxygen atoms in total. The molecule has 1 N–H and O–H groups in total. The highest BCUT2D eigenvalue weighted by Crippen LogP contribution is 2.49. The highest BCUT2D eigenvalue weighted by atomic mass is 35.5. The maximum absolute atomic E-state index is 6.25. The molecule has 1 aliphatic carbocycles. The Labute approximate surface area is 249 Å². The van der Waals surface area contributed by atoms with E-state index in [4.69, 9.17) is 26.4 Å². The number of ether oxygens (including phenoxy) is 1. The largest absolute Gasteiger partial charge is 0.497 e. The molecule has 7 heteroatoms. The molecule has 2 atom stereocenters. The van der Waals surface area contributed by atoms with Crippen LogP contribution in [0.1, 0.15) is 56.2 Å². The standard InChI is InChI=1S/C34H42ClN5O/c1-24-31-21-29(10-13-33(31)40(38-24)23-25-8-11-30(41-2)12-9-25)36-17-14-27-20-32(27)26-15-18-39(19-16-26)34-7-5-3-4-6-28(35)22-37-34/h4,6,8-13,21-22,26-27,32,36H,3,5,7,14-20,23H2,1-2H3/b6-4-,28-22+,37-34?/t27-,32?/m1/s1. The van der Waals surface area contributed by atoms with Gasteiger partial charge in [-0.25, -0.2) is 4.99 Å². The summed E-state index contributed by atoms with van der Waals surface area (Å²) in [6.45, 7) is 6.15. The lowest BCUT2D eigenvalue weighted by molar-refractivity contribution is 0.235. The molecule has 0 spiro atoms. The normalized spacial score (nSPS) is 23.6. The summed E-state index contributed by atoms with van der Waals surface area (Å²) in [5.74, 6) is 4.74. The van der Waals surface area contributed by atoms with Crippen LogP contribution in [-0.4, -0.2) is 47.3 Å². The first kappa shape index (κ1) is 27.9. The number of nitrogens with one attached hydrogen (secondary N) is 1. The number of aromatic nitrogens is 2. The first-order chi connectivity index (χ1) is 20.1. The van der Waals surface area contributed by atoms with Crippen LogP contribution < -0.4 is 10.1 Å². The summed E-state index contributed by atoms with van der Waals surface area (Å²) in [5, 5.41) is 10.5. The lowest BCUT2D eigenvalue weighted by Crippen LogP contribution is -2.39. The van der Waals surface area contributed by atoms with Crippen molar-refractivity contribution < 1.29 is 4.74 Å². The van der Waals surface area contributed by atoms with Gasteiger partial charge in [0.15, 0.2) is 0 Å².